The number of ketones is 1. The number of aromatic nitrogens is 4. The fraction of sp³-hybridized carbons (Fsp3) is 0.375. The van der Waals surface area contributed by atoms with Crippen LogP contribution in [-0.2, 0) is 16.0 Å². The highest BCUT2D eigenvalue weighted by Gasteiger charge is 2.41. The number of hydrogen-bond donors (Lipinski definition) is 8. The number of thiazole rings is 2. The highest BCUT2D eigenvalue weighted by molar-refractivity contribution is 7.17. The van der Waals surface area contributed by atoms with E-state index in [-0.39, 0.29) is 52.7 Å². The Morgan fingerprint density at radius 3 is 2.07 bits per heavy atom. The van der Waals surface area contributed by atoms with Crippen LogP contribution in [0.25, 0.3) is 0 Å². The second kappa shape index (κ2) is 20.0. The van der Waals surface area contributed by atoms with Gasteiger partial charge in [0, 0.05) is 29.0 Å². The summed E-state index contributed by atoms with van der Waals surface area (Å²) in [6, 6.07) is 10.1. The van der Waals surface area contributed by atoms with Crippen LogP contribution in [-0.4, -0.2) is 78.6 Å². The molecule has 8 N–H and O–H groups in total. The van der Waals surface area contributed by atoms with Crippen LogP contribution in [0.15, 0.2) is 71.8 Å². The predicted molar refractivity (Wildman–Crippen MR) is 266 cm³/mol. The van der Waals surface area contributed by atoms with Gasteiger partial charge in [-0.3, -0.25) is 19.7 Å². The molecule has 1 aliphatic carbocycles. The molecule has 4 heterocycles. The molecule has 0 fully saturated rings. The maximum atomic E-state index is 14.0. The molecule has 4 aromatic heterocycles. The van der Waals surface area contributed by atoms with Crippen molar-refractivity contribution in [3.05, 3.63) is 98.2 Å². The van der Waals surface area contributed by atoms with Crippen molar-refractivity contribution in [2.24, 2.45) is 11.3 Å². The quantitative estimate of drug-likeness (QED) is 0.0455. The van der Waals surface area contributed by atoms with Gasteiger partial charge in [0.25, 0.3) is 5.91 Å². The van der Waals surface area contributed by atoms with Crippen LogP contribution in [0.3, 0.4) is 0 Å². The number of carbonyl (C=O) groups is 4. The van der Waals surface area contributed by atoms with E-state index < -0.39 is 34.5 Å². The monoisotopic (exact) mass is 966 g/mol. The number of benzene rings is 1. The minimum absolute atomic E-state index is 0.0171. The Labute approximate surface area is 403 Å². The molecule has 68 heavy (non-hydrogen) atoms. The van der Waals surface area contributed by atoms with E-state index in [9.17, 15) is 29.4 Å². The molecular weight excluding hydrogens is 909 g/mol. The van der Waals surface area contributed by atoms with Crippen molar-refractivity contribution in [1.82, 2.24) is 25.3 Å². The summed E-state index contributed by atoms with van der Waals surface area (Å²) < 4.78 is 10.8. The molecule has 0 saturated carbocycles. The standard InChI is InChI=1S/C48H58N10O8S2/c1-24-13-15-30(59)29(38(24)49-21-32(61)34-22-50-43(67-34)56-39-25(2)14-17-37(52-39)55-45(64)66-47(8,9)10)19-28-20-31(60)27(4)48(11,26(28)3)58-41(62)35-23-51-44(68-35)57-40-33(65-12)16-18-36(53-40)54-42(63)46(5,6)7/h13-18,20,22-23,27,49,59-60H,19,21H2,1-12H3,(H,58,62)(H2,50,52,55,56,64)(H2,51,53,54,57,63). The smallest absolute Gasteiger partial charge is 0.413 e. The van der Waals surface area contributed by atoms with Crippen LogP contribution in [0, 0.1) is 25.2 Å². The molecule has 18 nitrogen and oxygen atoms in total. The van der Waals surface area contributed by atoms with E-state index in [1.54, 1.807) is 84.0 Å². The number of pyridine rings is 2. The Balaban J connectivity index is 1.15. The van der Waals surface area contributed by atoms with E-state index in [4.69, 9.17) is 9.47 Å². The summed E-state index contributed by atoms with van der Waals surface area (Å²) in [5.74, 6) is 0.317. The number of ether oxygens (including phenoxy) is 2. The Hall–Kier alpha value is -7.06. The highest BCUT2D eigenvalue weighted by Crippen LogP contribution is 2.41. The average Bonchev–Trinajstić information content (AvgIpc) is 3.94. The second-order valence-electron chi connectivity index (χ2n) is 18.6. The van der Waals surface area contributed by atoms with Crippen molar-refractivity contribution in [1.29, 1.82) is 0 Å². The first-order valence-electron chi connectivity index (χ1n) is 21.7. The molecule has 5 aromatic rings. The normalized spacial score (nSPS) is 16.1. The van der Waals surface area contributed by atoms with E-state index in [2.05, 4.69) is 51.8 Å². The predicted octanol–water partition coefficient (Wildman–Crippen LogP) is 9.97. The number of anilines is 7. The summed E-state index contributed by atoms with van der Waals surface area (Å²) in [6.07, 6.45) is 4.08. The number of aliphatic hydroxyl groups is 1. The molecule has 2 atom stereocenters. The van der Waals surface area contributed by atoms with Crippen LogP contribution in [0.2, 0.25) is 0 Å². The number of Topliss-reactive ketones (excluding diaryl/α,β-unsaturated/α-hetero) is 1. The zero-order chi connectivity index (χ0) is 49.9. The lowest BCUT2D eigenvalue weighted by atomic mass is 9.72. The van der Waals surface area contributed by atoms with Gasteiger partial charge in [-0.1, -0.05) is 62.5 Å². The molecule has 0 aliphatic heterocycles. The van der Waals surface area contributed by atoms with Gasteiger partial charge >= 0.3 is 6.09 Å². The lowest BCUT2D eigenvalue weighted by Crippen LogP contribution is -2.53. The Kier molecular flexibility index (Phi) is 14.8. The molecule has 1 aromatic carbocycles. The molecule has 3 amide bonds. The fourth-order valence-corrected chi connectivity index (χ4v) is 8.44. The number of aromatic hydroxyl groups is 1. The molecule has 20 heteroatoms. The molecule has 2 unspecified atom stereocenters. The topological polar surface area (TPSA) is 251 Å². The minimum Gasteiger partial charge on any atom is -0.512 e. The summed E-state index contributed by atoms with van der Waals surface area (Å²) in [6.45, 7) is 19.8. The summed E-state index contributed by atoms with van der Waals surface area (Å²) >= 11 is 2.22. The van der Waals surface area contributed by atoms with Gasteiger partial charge in [-0.15, -0.1) is 0 Å². The van der Waals surface area contributed by atoms with Crippen molar-refractivity contribution in [2.45, 2.75) is 93.7 Å². The number of allylic oxidation sites excluding steroid dienone is 2. The zero-order valence-electron chi connectivity index (χ0n) is 40.1. The van der Waals surface area contributed by atoms with Gasteiger partial charge in [0.15, 0.2) is 27.6 Å². The Morgan fingerprint density at radius 2 is 1.41 bits per heavy atom. The van der Waals surface area contributed by atoms with E-state index in [0.717, 1.165) is 39.4 Å². The fourth-order valence-electron chi connectivity index (χ4n) is 6.98. The molecule has 6 rings (SSSR count). The number of phenolic OH excluding ortho intramolecular Hbond substituents is 1. The number of nitrogens with zero attached hydrogens (tertiary/aromatic N) is 4. The van der Waals surface area contributed by atoms with Gasteiger partial charge in [0.1, 0.15) is 33.7 Å². The van der Waals surface area contributed by atoms with Crippen LogP contribution < -0.4 is 36.6 Å². The number of amides is 3. The number of carbonyl (C=O) groups excluding carboxylic acids is 4. The lowest BCUT2D eigenvalue weighted by Gasteiger charge is -2.41. The third-order valence-corrected chi connectivity index (χ3v) is 13.1. The van der Waals surface area contributed by atoms with Gasteiger partial charge in [-0.05, 0) is 101 Å². The Bertz CT molecular complexity index is 2820. The number of aryl methyl sites for hydroxylation is 2. The molecule has 0 bridgehead atoms. The van der Waals surface area contributed by atoms with Crippen molar-refractivity contribution in [3.8, 4) is 11.5 Å². The molecule has 0 saturated heterocycles. The number of phenols is 1. The van der Waals surface area contributed by atoms with Crippen molar-refractivity contribution < 1.29 is 38.9 Å². The molecule has 0 radical (unpaired) electrons. The number of methoxy groups -OCH3 is 1. The summed E-state index contributed by atoms with van der Waals surface area (Å²) in [5, 5.41) is 41.4. The molecular formula is C48H58N10O8S2. The van der Waals surface area contributed by atoms with E-state index in [1.165, 1.54) is 19.5 Å². The summed E-state index contributed by atoms with van der Waals surface area (Å²) in [5.41, 5.74) is 1.63. The molecule has 1 aliphatic rings. The van der Waals surface area contributed by atoms with Crippen molar-refractivity contribution in [2.75, 3.05) is 40.2 Å². The molecule has 0 spiro atoms. The van der Waals surface area contributed by atoms with Crippen LogP contribution in [0.4, 0.5) is 44.0 Å². The number of hydrogen-bond acceptors (Lipinski definition) is 17. The third-order valence-electron chi connectivity index (χ3n) is 11.2. The maximum absolute atomic E-state index is 14.0. The van der Waals surface area contributed by atoms with Crippen LogP contribution in [0.1, 0.15) is 98.3 Å². The van der Waals surface area contributed by atoms with E-state index >= 15 is 0 Å². The van der Waals surface area contributed by atoms with Gasteiger partial charge in [0.2, 0.25) is 5.91 Å². The van der Waals surface area contributed by atoms with Gasteiger partial charge < -0.3 is 46.3 Å². The first kappa shape index (κ1) is 50.4. The number of nitrogens with one attached hydrogen (secondary N) is 6. The zero-order valence-corrected chi connectivity index (χ0v) is 41.8. The lowest BCUT2D eigenvalue weighted by molar-refractivity contribution is -0.123. The van der Waals surface area contributed by atoms with Crippen LogP contribution in [0.5, 0.6) is 11.5 Å². The first-order chi connectivity index (χ1) is 31.8. The summed E-state index contributed by atoms with van der Waals surface area (Å²) in [7, 11) is 1.49. The SMILES string of the molecule is COc1ccc(NC(=O)C(C)(C)C)nc1Nc1ncc(C(=O)NC2(C)C(C)=C(Cc3c(O)ccc(C)c3NCC(=O)c3cnc(Nc4nc(NC(=O)OC(C)(C)C)ccc4C)s3)C=C(O)C2C)s1. The van der Waals surface area contributed by atoms with E-state index in [1.807, 2.05) is 34.6 Å². The highest BCUT2D eigenvalue weighted by atomic mass is 32.1. The average molecular weight is 967 g/mol. The second-order valence-corrected chi connectivity index (χ2v) is 20.6. The van der Waals surface area contributed by atoms with Gasteiger partial charge in [-0.25, -0.2) is 24.7 Å². The first-order valence-corrected chi connectivity index (χ1v) is 23.3. The number of aliphatic hydroxyl groups excluding tert-OH is 1. The van der Waals surface area contributed by atoms with E-state index in [0.29, 0.717) is 49.3 Å². The third kappa shape index (κ3) is 11.9. The van der Waals surface area contributed by atoms with Gasteiger partial charge in [-0.2, -0.15) is 0 Å². The Morgan fingerprint density at radius 1 is 0.809 bits per heavy atom. The molecule has 360 valence electrons. The maximum Gasteiger partial charge on any atom is 0.413 e. The van der Waals surface area contributed by atoms with Crippen molar-refractivity contribution in [3.63, 3.8) is 0 Å². The van der Waals surface area contributed by atoms with Crippen LogP contribution >= 0.6 is 22.7 Å². The summed E-state index contributed by atoms with van der Waals surface area (Å²) in [4.78, 5) is 70.9. The minimum atomic E-state index is -1.07. The van der Waals surface area contributed by atoms with Crippen molar-refractivity contribution >= 4 is 85.6 Å². The van der Waals surface area contributed by atoms with Gasteiger partial charge in [0.05, 0.1) is 42.2 Å². The largest absolute Gasteiger partial charge is 0.512 e. The number of rotatable bonds is 15.